The molecule has 1 aromatic carbocycles. The Morgan fingerprint density at radius 2 is 2.22 bits per heavy atom. The van der Waals surface area contributed by atoms with Gasteiger partial charge in [0, 0.05) is 13.1 Å². The molecule has 1 atom stereocenters. The first kappa shape index (κ1) is 18.2. The molecule has 1 N–H and O–H groups in total. The smallest absolute Gasteiger partial charge is 0.244 e. The maximum Gasteiger partial charge on any atom is 0.244 e. The largest absolute Gasteiger partial charge is 0.495 e. The molecule has 1 aromatic rings. The van der Waals surface area contributed by atoms with Gasteiger partial charge in [-0.15, -0.1) is 0 Å². The zero-order chi connectivity index (χ0) is 16.9. The van der Waals surface area contributed by atoms with E-state index in [2.05, 4.69) is 16.5 Å². The minimum absolute atomic E-state index is 0.142. The van der Waals surface area contributed by atoms with Gasteiger partial charge in [-0.25, -0.2) is 17.5 Å². The lowest BCUT2D eigenvalue weighted by Gasteiger charge is -2.30. The zero-order valence-corrected chi connectivity index (χ0v) is 14.5. The van der Waals surface area contributed by atoms with Crippen molar-refractivity contribution in [2.45, 2.75) is 31.1 Å². The molecular weight excluding hydrogens is 319 g/mol. The molecular formula is C16H25FN2O3S. The summed E-state index contributed by atoms with van der Waals surface area (Å²) in [4.78, 5) is 2.21. The van der Waals surface area contributed by atoms with E-state index in [4.69, 9.17) is 4.74 Å². The molecule has 1 unspecified atom stereocenters. The molecule has 1 aliphatic rings. The van der Waals surface area contributed by atoms with Crippen LogP contribution in [-0.2, 0) is 10.0 Å². The second-order valence-corrected chi connectivity index (χ2v) is 7.83. The fourth-order valence-electron chi connectivity index (χ4n) is 2.94. The van der Waals surface area contributed by atoms with E-state index in [9.17, 15) is 12.8 Å². The van der Waals surface area contributed by atoms with Crippen molar-refractivity contribution in [1.82, 2.24) is 9.62 Å². The van der Waals surface area contributed by atoms with E-state index in [0.717, 1.165) is 32.1 Å². The Morgan fingerprint density at radius 3 is 2.91 bits per heavy atom. The van der Waals surface area contributed by atoms with Crippen LogP contribution < -0.4 is 9.46 Å². The molecule has 5 nitrogen and oxygen atoms in total. The van der Waals surface area contributed by atoms with Gasteiger partial charge in [0.15, 0.2) is 0 Å². The summed E-state index contributed by atoms with van der Waals surface area (Å²) in [5, 5.41) is 0. The molecule has 0 radical (unpaired) electrons. The number of sulfonamides is 1. The molecule has 0 saturated carbocycles. The second kappa shape index (κ2) is 8.08. The molecule has 0 spiro atoms. The molecule has 2 rings (SSSR count). The second-order valence-electron chi connectivity index (χ2n) is 6.09. The van der Waals surface area contributed by atoms with Gasteiger partial charge in [0.2, 0.25) is 10.0 Å². The van der Waals surface area contributed by atoms with Crippen LogP contribution in [0, 0.1) is 11.7 Å². The van der Waals surface area contributed by atoms with Gasteiger partial charge in [-0.05, 0) is 56.5 Å². The van der Waals surface area contributed by atoms with Crippen molar-refractivity contribution >= 4 is 10.0 Å². The normalized spacial score (nSPS) is 19.7. The van der Waals surface area contributed by atoms with Crippen LogP contribution in [0.4, 0.5) is 4.39 Å². The topological polar surface area (TPSA) is 58.6 Å². The molecule has 0 bridgehead atoms. The number of methoxy groups -OCH3 is 1. The van der Waals surface area contributed by atoms with Crippen LogP contribution in [0.3, 0.4) is 0 Å². The number of likely N-dealkylation sites (tertiary alicyclic amines) is 1. The molecule has 130 valence electrons. The predicted octanol–water partition coefficient (Wildman–Crippen LogP) is 2.23. The van der Waals surface area contributed by atoms with Crippen LogP contribution >= 0.6 is 0 Å². The van der Waals surface area contributed by atoms with Crippen molar-refractivity contribution < 1.29 is 17.5 Å². The summed E-state index contributed by atoms with van der Waals surface area (Å²) < 4.78 is 45.5. The van der Waals surface area contributed by atoms with Crippen LogP contribution in [0.25, 0.3) is 0 Å². The molecule has 0 aromatic heterocycles. The van der Waals surface area contributed by atoms with Gasteiger partial charge < -0.3 is 9.64 Å². The fourth-order valence-corrected chi connectivity index (χ4v) is 4.19. The fraction of sp³-hybridized carbons (Fsp3) is 0.625. The molecule has 1 heterocycles. The molecule has 1 fully saturated rings. The summed E-state index contributed by atoms with van der Waals surface area (Å²) in [6.07, 6.45) is 3.19. The van der Waals surface area contributed by atoms with Crippen molar-refractivity contribution in [1.29, 1.82) is 0 Å². The van der Waals surface area contributed by atoms with Crippen LogP contribution in [0.1, 0.15) is 26.2 Å². The van der Waals surface area contributed by atoms with Gasteiger partial charge >= 0.3 is 0 Å². The van der Waals surface area contributed by atoms with Gasteiger partial charge in [0.1, 0.15) is 16.5 Å². The number of benzene rings is 1. The van der Waals surface area contributed by atoms with Gasteiger partial charge in [-0.1, -0.05) is 6.92 Å². The van der Waals surface area contributed by atoms with Gasteiger partial charge in [0.25, 0.3) is 0 Å². The maximum absolute atomic E-state index is 13.3. The average molecular weight is 344 g/mol. The number of hydrogen-bond acceptors (Lipinski definition) is 4. The monoisotopic (exact) mass is 344 g/mol. The molecule has 23 heavy (non-hydrogen) atoms. The first-order chi connectivity index (χ1) is 10.9. The summed E-state index contributed by atoms with van der Waals surface area (Å²) in [6, 6.07) is 3.47. The number of ether oxygens (including phenoxy) is 1. The SMILES string of the molecule is COc1ccc(F)cc1S(=O)(=O)NCCCN1CCCC(C)C1. The van der Waals surface area contributed by atoms with E-state index in [1.807, 2.05) is 0 Å². The molecule has 0 aliphatic carbocycles. The summed E-state index contributed by atoms with van der Waals surface area (Å²) in [6.45, 7) is 5.59. The summed E-state index contributed by atoms with van der Waals surface area (Å²) in [5.41, 5.74) is 0. The van der Waals surface area contributed by atoms with E-state index >= 15 is 0 Å². The van der Waals surface area contributed by atoms with Crippen molar-refractivity contribution in [3.8, 4) is 5.75 Å². The van der Waals surface area contributed by atoms with Crippen molar-refractivity contribution in [2.24, 2.45) is 5.92 Å². The lowest BCUT2D eigenvalue weighted by Crippen LogP contribution is -2.36. The van der Waals surface area contributed by atoms with Crippen molar-refractivity contribution in [3.05, 3.63) is 24.0 Å². The lowest BCUT2D eigenvalue weighted by atomic mass is 10.0. The number of rotatable bonds is 7. The molecule has 1 aliphatic heterocycles. The Morgan fingerprint density at radius 1 is 1.43 bits per heavy atom. The van der Waals surface area contributed by atoms with E-state index in [1.165, 1.54) is 32.1 Å². The van der Waals surface area contributed by atoms with Gasteiger partial charge in [-0.2, -0.15) is 0 Å². The number of nitrogens with zero attached hydrogens (tertiary/aromatic N) is 1. The maximum atomic E-state index is 13.3. The highest BCUT2D eigenvalue weighted by atomic mass is 32.2. The minimum Gasteiger partial charge on any atom is -0.495 e. The van der Waals surface area contributed by atoms with Crippen molar-refractivity contribution in [2.75, 3.05) is 33.3 Å². The summed E-state index contributed by atoms with van der Waals surface area (Å²) >= 11 is 0. The standard InChI is InChI=1S/C16H25FN2O3S/c1-13-5-3-9-19(12-13)10-4-8-18-23(20,21)16-11-14(17)6-7-15(16)22-2/h6-7,11,13,18H,3-5,8-10,12H2,1-2H3. The average Bonchev–Trinajstić information content (AvgIpc) is 2.52. The van der Waals surface area contributed by atoms with Crippen LogP contribution in [0.15, 0.2) is 23.1 Å². The highest BCUT2D eigenvalue weighted by Gasteiger charge is 2.20. The number of hydrogen-bond donors (Lipinski definition) is 1. The third kappa shape index (κ3) is 5.16. The molecule has 7 heteroatoms. The number of halogens is 1. The minimum atomic E-state index is -3.77. The van der Waals surface area contributed by atoms with Crippen LogP contribution in [-0.4, -0.2) is 46.6 Å². The van der Waals surface area contributed by atoms with E-state index in [0.29, 0.717) is 12.5 Å². The first-order valence-electron chi connectivity index (χ1n) is 7.98. The first-order valence-corrected chi connectivity index (χ1v) is 9.46. The number of piperidine rings is 1. The summed E-state index contributed by atoms with van der Waals surface area (Å²) in [5.74, 6) is 0.245. The summed E-state index contributed by atoms with van der Waals surface area (Å²) in [7, 11) is -2.41. The Bertz CT molecular complexity index is 622. The predicted molar refractivity (Wildman–Crippen MR) is 87.6 cm³/mol. The Kier molecular flexibility index (Phi) is 6.38. The third-order valence-electron chi connectivity index (χ3n) is 4.10. The van der Waals surface area contributed by atoms with Gasteiger partial charge in [-0.3, -0.25) is 0 Å². The molecule has 1 saturated heterocycles. The Labute approximate surface area is 137 Å². The third-order valence-corrected chi connectivity index (χ3v) is 5.58. The quantitative estimate of drug-likeness (QED) is 0.771. The van der Waals surface area contributed by atoms with Crippen molar-refractivity contribution in [3.63, 3.8) is 0 Å². The van der Waals surface area contributed by atoms with Gasteiger partial charge in [0.05, 0.1) is 7.11 Å². The zero-order valence-electron chi connectivity index (χ0n) is 13.7. The lowest BCUT2D eigenvalue weighted by molar-refractivity contribution is 0.182. The van der Waals surface area contributed by atoms with E-state index in [1.54, 1.807) is 0 Å². The van der Waals surface area contributed by atoms with E-state index < -0.39 is 15.8 Å². The van der Waals surface area contributed by atoms with E-state index in [-0.39, 0.29) is 10.6 Å². The Balaban J connectivity index is 1.88. The van der Waals surface area contributed by atoms with Crippen LogP contribution in [0.5, 0.6) is 5.75 Å². The van der Waals surface area contributed by atoms with Crippen LogP contribution in [0.2, 0.25) is 0 Å². The highest BCUT2D eigenvalue weighted by molar-refractivity contribution is 7.89. The molecule has 0 amide bonds. The number of nitrogens with one attached hydrogen (secondary N) is 1. The highest BCUT2D eigenvalue weighted by Crippen LogP contribution is 2.24. The Hall–Kier alpha value is -1.18.